The third kappa shape index (κ3) is 3.20. The molecule has 0 heterocycles. The Kier molecular flexibility index (Phi) is 4.56. The predicted molar refractivity (Wildman–Crippen MR) is 78.6 cm³/mol. The van der Waals surface area contributed by atoms with Crippen LogP contribution in [0.5, 0.6) is 0 Å². The lowest BCUT2D eigenvalue weighted by Crippen LogP contribution is -2.21. The van der Waals surface area contributed by atoms with Crippen molar-refractivity contribution in [2.24, 2.45) is 5.41 Å². The highest BCUT2D eigenvalue weighted by Crippen LogP contribution is 2.43. The minimum atomic E-state index is -0.360. The van der Waals surface area contributed by atoms with Gasteiger partial charge in [-0.15, -0.1) is 11.8 Å². The minimum absolute atomic E-state index is 0.157. The van der Waals surface area contributed by atoms with Gasteiger partial charge in [-0.05, 0) is 36.1 Å². The number of hydrogen-bond donors (Lipinski definition) is 1. The molecule has 0 atom stereocenters. The summed E-state index contributed by atoms with van der Waals surface area (Å²) < 4.78 is 0. The number of thiol groups is 1. The average molecular weight is 283 g/mol. The van der Waals surface area contributed by atoms with Crippen molar-refractivity contribution in [1.29, 1.82) is 0 Å². The number of nitrogens with zero attached hydrogens (tertiary/aromatic N) is 1. The SMILES string of the molecule is O=[N+]([O-])c1ccc(SCC2(CS)CCCC2)cc1. The van der Waals surface area contributed by atoms with E-state index in [1.54, 1.807) is 23.9 Å². The second-order valence-corrected chi connectivity index (χ2v) is 6.27. The van der Waals surface area contributed by atoms with E-state index in [9.17, 15) is 10.1 Å². The zero-order valence-electron chi connectivity index (χ0n) is 10.2. The summed E-state index contributed by atoms with van der Waals surface area (Å²) >= 11 is 6.28. The quantitative estimate of drug-likeness (QED) is 0.381. The molecule has 0 spiro atoms. The van der Waals surface area contributed by atoms with Gasteiger partial charge in [-0.25, -0.2) is 0 Å². The molecule has 3 nitrogen and oxygen atoms in total. The van der Waals surface area contributed by atoms with E-state index in [-0.39, 0.29) is 10.6 Å². The molecule has 0 bridgehead atoms. The van der Waals surface area contributed by atoms with Crippen molar-refractivity contribution in [3.63, 3.8) is 0 Å². The molecule has 1 saturated carbocycles. The molecule has 1 aromatic rings. The topological polar surface area (TPSA) is 43.1 Å². The van der Waals surface area contributed by atoms with E-state index >= 15 is 0 Å². The summed E-state index contributed by atoms with van der Waals surface area (Å²) in [7, 11) is 0. The van der Waals surface area contributed by atoms with Crippen LogP contribution in [-0.4, -0.2) is 16.4 Å². The van der Waals surface area contributed by atoms with Crippen LogP contribution in [-0.2, 0) is 0 Å². The molecular formula is C13H17NO2S2. The van der Waals surface area contributed by atoms with Crippen LogP contribution in [0.15, 0.2) is 29.2 Å². The van der Waals surface area contributed by atoms with Gasteiger partial charge in [0.05, 0.1) is 4.92 Å². The summed E-state index contributed by atoms with van der Waals surface area (Å²) in [5.74, 6) is 2.00. The fourth-order valence-electron chi connectivity index (χ4n) is 2.37. The van der Waals surface area contributed by atoms with E-state index in [4.69, 9.17) is 0 Å². The smallest absolute Gasteiger partial charge is 0.258 e. The molecule has 1 aliphatic carbocycles. The van der Waals surface area contributed by atoms with Crippen LogP contribution < -0.4 is 0 Å². The third-order valence-electron chi connectivity index (χ3n) is 3.59. The average Bonchev–Trinajstić information content (AvgIpc) is 2.86. The molecule has 0 aromatic heterocycles. The van der Waals surface area contributed by atoms with E-state index in [2.05, 4.69) is 12.6 Å². The van der Waals surface area contributed by atoms with Crippen LogP contribution in [0.25, 0.3) is 0 Å². The van der Waals surface area contributed by atoms with Crippen LogP contribution in [0.4, 0.5) is 5.69 Å². The molecule has 0 N–H and O–H groups in total. The van der Waals surface area contributed by atoms with Gasteiger partial charge in [0.25, 0.3) is 5.69 Å². The normalized spacial score (nSPS) is 17.8. The highest BCUT2D eigenvalue weighted by molar-refractivity contribution is 7.99. The maximum absolute atomic E-state index is 10.6. The van der Waals surface area contributed by atoms with Gasteiger partial charge in [0.1, 0.15) is 0 Å². The summed E-state index contributed by atoms with van der Waals surface area (Å²) in [5, 5.41) is 10.6. The number of benzene rings is 1. The lowest BCUT2D eigenvalue weighted by atomic mass is 9.91. The first-order valence-electron chi connectivity index (χ1n) is 6.13. The van der Waals surface area contributed by atoms with Gasteiger partial charge in [0.15, 0.2) is 0 Å². The Balaban J connectivity index is 1.95. The molecule has 0 unspecified atom stereocenters. The van der Waals surface area contributed by atoms with Gasteiger partial charge in [0, 0.05) is 22.8 Å². The second-order valence-electron chi connectivity index (χ2n) is 4.90. The van der Waals surface area contributed by atoms with E-state index in [1.165, 1.54) is 25.7 Å². The van der Waals surface area contributed by atoms with Crippen molar-refractivity contribution < 1.29 is 4.92 Å². The first-order chi connectivity index (χ1) is 8.65. The Morgan fingerprint density at radius 1 is 1.28 bits per heavy atom. The lowest BCUT2D eigenvalue weighted by Gasteiger charge is -2.26. The number of non-ortho nitro benzene ring substituents is 1. The predicted octanol–water partition coefficient (Wildman–Crippen LogP) is 4.18. The van der Waals surface area contributed by atoms with Gasteiger partial charge in [-0.1, -0.05) is 12.8 Å². The number of thioether (sulfide) groups is 1. The van der Waals surface area contributed by atoms with Crippen molar-refractivity contribution in [2.45, 2.75) is 30.6 Å². The highest BCUT2D eigenvalue weighted by Gasteiger charge is 2.32. The Morgan fingerprint density at radius 3 is 2.39 bits per heavy atom. The third-order valence-corrected chi connectivity index (χ3v) is 5.63. The number of nitro groups is 1. The maximum Gasteiger partial charge on any atom is 0.269 e. The molecule has 98 valence electrons. The van der Waals surface area contributed by atoms with Gasteiger partial charge >= 0.3 is 0 Å². The Hall–Kier alpha value is -0.680. The number of nitro benzene ring substituents is 1. The van der Waals surface area contributed by atoms with Gasteiger partial charge in [-0.2, -0.15) is 12.6 Å². The second kappa shape index (κ2) is 5.97. The van der Waals surface area contributed by atoms with Crippen molar-refractivity contribution in [2.75, 3.05) is 11.5 Å². The van der Waals surface area contributed by atoms with Crippen LogP contribution in [0, 0.1) is 15.5 Å². The molecule has 2 rings (SSSR count). The summed E-state index contributed by atoms with van der Waals surface area (Å²) in [5.41, 5.74) is 0.527. The van der Waals surface area contributed by atoms with Gasteiger partial charge in [-0.3, -0.25) is 10.1 Å². The van der Waals surface area contributed by atoms with Crippen LogP contribution in [0.2, 0.25) is 0 Å². The zero-order valence-corrected chi connectivity index (χ0v) is 11.9. The highest BCUT2D eigenvalue weighted by atomic mass is 32.2. The van der Waals surface area contributed by atoms with Gasteiger partial charge < -0.3 is 0 Å². The fourth-order valence-corrected chi connectivity index (χ4v) is 4.15. The Labute approximate surface area is 117 Å². The van der Waals surface area contributed by atoms with Crippen LogP contribution in [0.1, 0.15) is 25.7 Å². The molecule has 0 radical (unpaired) electrons. The van der Waals surface area contributed by atoms with Crippen molar-refractivity contribution >= 4 is 30.1 Å². The van der Waals surface area contributed by atoms with E-state index in [0.717, 1.165) is 16.4 Å². The lowest BCUT2D eigenvalue weighted by molar-refractivity contribution is -0.384. The van der Waals surface area contributed by atoms with Crippen LogP contribution in [0.3, 0.4) is 0 Å². The summed E-state index contributed by atoms with van der Waals surface area (Å²) in [6, 6.07) is 6.82. The van der Waals surface area contributed by atoms with Crippen molar-refractivity contribution in [3.05, 3.63) is 34.4 Å². The molecule has 18 heavy (non-hydrogen) atoms. The number of rotatable bonds is 5. The largest absolute Gasteiger partial charge is 0.269 e. The molecule has 0 aliphatic heterocycles. The Morgan fingerprint density at radius 2 is 1.89 bits per heavy atom. The molecule has 1 fully saturated rings. The van der Waals surface area contributed by atoms with Crippen LogP contribution >= 0.6 is 24.4 Å². The monoisotopic (exact) mass is 283 g/mol. The van der Waals surface area contributed by atoms with E-state index < -0.39 is 0 Å². The van der Waals surface area contributed by atoms with E-state index in [0.29, 0.717) is 5.41 Å². The molecule has 1 aliphatic rings. The first-order valence-corrected chi connectivity index (χ1v) is 7.75. The first kappa shape index (κ1) is 13.7. The Bertz CT molecular complexity index is 414. The van der Waals surface area contributed by atoms with Gasteiger partial charge in [0.2, 0.25) is 0 Å². The zero-order chi connectivity index (χ0) is 13.0. The van der Waals surface area contributed by atoms with Crippen molar-refractivity contribution in [1.82, 2.24) is 0 Å². The molecular weight excluding hydrogens is 266 g/mol. The number of hydrogen-bond acceptors (Lipinski definition) is 4. The standard InChI is InChI=1S/C13H17NO2S2/c15-14(16)11-3-5-12(6-4-11)18-10-13(9-17)7-1-2-8-13/h3-6,17H,1-2,7-10H2. The summed E-state index contributed by atoms with van der Waals surface area (Å²) in [6.45, 7) is 0. The molecule has 5 heteroatoms. The fraction of sp³-hybridized carbons (Fsp3) is 0.538. The molecule has 0 amide bonds. The van der Waals surface area contributed by atoms with E-state index in [1.807, 2.05) is 12.1 Å². The van der Waals surface area contributed by atoms with Crippen molar-refractivity contribution in [3.8, 4) is 0 Å². The molecule has 1 aromatic carbocycles. The summed E-state index contributed by atoms with van der Waals surface area (Å²) in [4.78, 5) is 11.3. The summed E-state index contributed by atoms with van der Waals surface area (Å²) in [6.07, 6.45) is 5.13. The maximum atomic E-state index is 10.6. The molecule has 0 saturated heterocycles. The minimum Gasteiger partial charge on any atom is -0.258 e.